The summed E-state index contributed by atoms with van der Waals surface area (Å²) < 4.78 is 21.0. The van der Waals surface area contributed by atoms with Gasteiger partial charge in [-0.25, -0.2) is 9.37 Å². The molecule has 0 bridgehead atoms. The normalized spacial score (nSPS) is 11.0. The van der Waals surface area contributed by atoms with Crippen LogP contribution < -0.4 is 10.5 Å². The highest BCUT2D eigenvalue weighted by Crippen LogP contribution is 2.28. The van der Waals surface area contributed by atoms with Gasteiger partial charge in [0, 0.05) is 6.07 Å². The number of imidazole rings is 1. The summed E-state index contributed by atoms with van der Waals surface area (Å²) in [4.78, 5) is 4.33. The van der Waals surface area contributed by atoms with E-state index in [2.05, 4.69) is 4.98 Å². The number of anilines is 1. The van der Waals surface area contributed by atoms with Gasteiger partial charge in [0.2, 0.25) is 5.95 Å². The van der Waals surface area contributed by atoms with Gasteiger partial charge >= 0.3 is 0 Å². The van der Waals surface area contributed by atoms with Gasteiger partial charge in [-0.1, -0.05) is 12.1 Å². The van der Waals surface area contributed by atoms with Crippen LogP contribution >= 0.6 is 0 Å². The Labute approximate surface area is 122 Å². The summed E-state index contributed by atoms with van der Waals surface area (Å²) in [7, 11) is 0. The number of nitrogen functional groups attached to an aromatic ring is 1. The largest absolute Gasteiger partial charge is 0.491 e. The van der Waals surface area contributed by atoms with Crippen molar-refractivity contribution in [1.29, 1.82) is 0 Å². The molecule has 2 N–H and O–H groups in total. The van der Waals surface area contributed by atoms with Crippen LogP contribution in [0.3, 0.4) is 0 Å². The van der Waals surface area contributed by atoms with Crippen LogP contribution in [0.4, 0.5) is 10.3 Å². The SMILES string of the molecule is CCOc1ccc(-n2c(N)nc3cccc(C)c32)cc1F. The summed E-state index contributed by atoms with van der Waals surface area (Å²) in [5.41, 5.74) is 9.34. The molecule has 21 heavy (non-hydrogen) atoms. The van der Waals surface area contributed by atoms with Crippen LogP contribution in [0.1, 0.15) is 12.5 Å². The Morgan fingerprint density at radius 2 is 2.10 bits per heavy atom. The molecule has 0 fully saturated rings. The molecule has 0 unspecified atom stereocenters. The van der Waals surface area contributed by atoms with E-state index in [9.17, 15) is 4.39 Å². The maximum Gasteiger partial charge on any atom is 0.205 e. The van der Waals surface area contributed by atoms with Crippen LogP contribution in [-0.4, -0.2) is 16.2 Å². The predicted molar refractivity (Wildman–Crippen MR) is 81.3 cm³/mol. The Morgan fingerprint density at radius 3 is 2.81 bits per heavy atom. The minimum atomic E-state index is -0.413. The van der Waals surface area contributed by atoms with Crippen LogP contribution in [0.2, 0.25) is 0 Å². The van der Waals surface area contributed by atoms with Crippen molar-refractivity contribution < 1.29 is 9.13 Å². The monoisotopic (exact) mass is 285 g/mol. The fourth-order valence-corrected chi connectivity index (χ4v) is 2.48. The number of aryl methyl sites for hydroxylation is 1. The molecule has 5 heteroatoms. The van der Waals surface area contributed by atoms with Crippen LogP contribution in [0.25, 0.3) is 16.7 Å². The van der Waals surface area contributed by atoms with E-state index in [4.69, 9.17) is 10.5 Å². The Morgan fingerprint density at radius 1 is 1.29 bits per heavy atom. The molecule has 4 nitrogen and oxygen atoms in total. The summed E-state index contributed by atoms with van der Waals surface area (Å²) in [5.74, 6) is 0.160. The number of nitrogens with two attached hydrogens (primary N) is 1. The third kappa shape index (κ3) is 2.20. The van der Waals surface area contributed by atoms with E-state index in [1.54, 1.807) is 16.7 Å². The van der Waals surface area contributed by atoms with Gasteiger partial charge in [0.05, 0.1) is 23.3 Å². The number of nitrogens with zero attached hydrogens (tertiary/aromatic N) is 2. The fraction of sp³-hybridized carbons (Fsp3) is 0.188. The molecule has 0 atom stereocenters. The van der Waals surface area contributed by atoms with E-state index in [1.807, 2.05) is 32.0 Å². The van der Waals surface area contributed by atoms with Crippen molar-refractivity contribution in [2.24, 2.45) is 0 Å². The van der Waals surface area contributed by atoms with E-state index >= 15 is 0 Å². The first-order valence-corrected chi connectivity index (χ1v) is 6.78. The minimum absolute atomic E-state index is 0.237. The number of ether oxygens (including phenoxy) is 1. The molecule has 1 aromatic heterocycles. The lowest BCUT2D eigenvalue weighted by atomic mass is 10.2. The topological polar surface area (TPSA) is 53.1 Å². The Bertz CT molecular complexity index is 811. The van der Waals surface area contributed by atoms with E-state index in [0.717, 1.165) is 16.6 Å². The average molecular weight is 285 g/mol. The molecule has 3 rings (SSSR count). The van der Waals surface area contributed by atoms with Gasteiger partial charge in [-0.2, -0.15) is 0 Å². The van der Waals surface area contributed by atoms with Gasteiger partial charge in [0.25, 0.3) is 0 Å². The highest BCUT2D eigenvalue weighted by atomic mass is 19.1. The van der Waals surface area contributed by atoms with Crippen molar-refractivity contribution in [3.8, 4) is 11.4 Å². The Balaban J connectivity index is 2.21. The molecular formula is C16H16FN3O. The van der Waals surface area contributed by atoms with Crippen LogP contribution in [0.15, 0.2) is 36.4 Å². The van der Waals surface area contributed by atoms with Crippen molar-refractivity contribution in [2.45, 2.75) is 13.8 Å². The quantitative estimate of drug-likeness (QED) is 0.802. The average Bonchev–Trinajstić information content (AvgIpc) is 2.79. The van der Waals surface area contributed by atoms with Gasteiger partial charge in [0.15, 0.2) is 11.6 Å². The second kappa shape index (κ2) is 5.09. The molecule has 3 aromatic rings. The summed E-state index contributed by atoms with van der Waals surface area (Å²) in [6.07, 6.45) is 0. The van der Waals surface area contributed by atoms with E-state index in [1.165, 1.54) is 6.07 Å². The number of hydrogen-bond acceptors (Lipinski definition) is 3. The molecule has 1 heterocycles. The van der Waals surface area contributed by atoms with Gasteiger partial charge in [-0.05, 0) is 37.6 Å². The summed E-state index contributed by atoms with van der Waals surface area (Å²) >= 11 is 0. The van der Waals surface area contributed by atoms with Crippen molar-refractivity contribution >= 4 is 17.0 Å². The van der Waals surface area contributed by atoms with Crippen molar-refractivity contribution in [2.75, 3.05) is 12.3 Å². The van der Waals surface area contributed by atoms with E-state index in [0.29, 0.717) is 18.2 Å². The molecule has 0 spiro atoms. The first kappa shape index (κ1) is 13.4. The second-order valence-electron chi connectivity index (χ2n) is 4.80. The first-order chi connectivity index (χ1) is 10.1. The van der Waals surface area contributed by atoms with Gasteiger partial charge < -0.3 is 10.5 Å². The minimum Gasteiger partial charge on any atom is -0.491 e. The summed E-state index contributed by atoms with van der Waals surface area (Å²) in [5, 5.41) is 0. The fourth-order valence-electron chi connectivity index (χ4n) is 2.48. The number of fused-ring (bicyclic) bond motifs is 1. The van der Waals surface area contributed by atoms with Gasteiger partial charge in [-0.3, -0.25) is 4.57 Å². The smallest absolute Gasteiger partial charge is 0.205 e. The number of benzene rings is 2. The Kier molecular flexibility index (Phi) is 3.25. The molecule has 0 aliphatic carbocycles. The van der Waals surface area contributed by atoms with Gasteiger partial charge in [-0.15, -0.1) is 0 Å². The zero-order valence-corrected chi connectivity index (χ0v) is 11.9. The molecular weight excluding hydrogens is 269 g/mol. The number of hydrogen-bond donors (Lipinski definition) is 1. The van der Waals surface area contributed by atoms with Crippen LogP contribution in [-0.2, 0) is 0 Å². The van der Waals surface area contributed by atoms with Crippen molar-refractivity contribution in [1.82, 2.24) is 9.55 Å². The van der Waals surface area contributed by atoms with Crippen LogP contribution in [0, 0.1) is 12.7 Å². The number of aromatic nitrogens is 2. The lowest BCUT2D eigenvalue weighted by Crippen LogP contribution is -2.03. The van der Waals surface area contributed by atoms with Crippen molar-refractivity contribution in [3.05, 3.63) is 47.8 Å². The lowest BCUT2D eigenvalue weighted by molar-refractivity contribution is 0.321. The first-order valence-electron chi connectivity index (χ1n) is 6.78. The third-order valence-corrected chi connectivity index (χ3v) is 3.38. The number of halogens is 1. The zero-order valence-electron chi connectivity index (χ0n) is 11.9. The maximum atomic E-state index is 14.1. The molecule has 0 aliphatic heterocycles. The summed E-state index contributed by atoms with van der Waals surface area (Å²) in [6, 6.07) is 10.6. The highest BCUT2D eigenvalue weighted by molar-refractivity contribution is 5.83. The van der Waals surface area contributed by atoms with Crippen molar-refractivity contribution in [3.63, 3.8) is 0 Å². The molecule has 0 saturated carbocycles. The lowest BCUT2D eigenvalue weighted by Gasteiger charge is -2.10. The molecule has 2 aromatic carbocycles. The molecule has 0 saturated heterocycles. The predicted octanol–water partition coefficient (Wildman–Crippen LogP) is 3.45. The maximum absolute atomic E-state index is 14.1. The second-order valence-corrected chi connectivity index (χ2v) is 4.80. The van der Waals surface area contributed by atoms with Gasteiger partial charge in [0.1, 0.15) is 0 Å². The molecule has 0 amide bonds. The number of para-hydroxylation sites is 1. The Hall–Kier alpha value is -2.56. The third-order valence-electron chi connectivity index (χ3n) is 3.38. The summed E-state index contributed by atoms with van der Waals surface area (Å²) in [6.45, 7) is 4.22. The highest BCUT2D eigenvalue weighted by Gasteiger charge is 2.13. The van der Waals surface area contributed by atoms with E-state index < -0.39 is 5.82 Å². The zero-order chi connectivity index (χ0) is 15.0. The standard InChI is InChI=1S/C16H16FN3O/c1-3-21-14-8-7-11(9-12(14)17)20-15-10(2)5-4-6-13(15)19-16(20)18/h4-9H,3H2,1-2H3,(H2,18,19). The number of rotatable bonds is 3. The van der Waals surface area contributed by atoms with E-state index in [-0.39, 0.29) is 5.75 Å². The molecule has 0 aliphatic rings. The molecule has 0 radical (unpaired) electrons. The van der Waals surface area contributed by atoms with Crippen LogP contribution in [0.5, 0.6) is 5.75 Å². The molecule has 108 valence electrons.